The van der Waals surface area contributed by atoms with Gasteiger partial charge in [-0.1, -0.05) is 6.07 Å². The first-order chi connectivity index (χ1) is 13.3. The van der Waals surface area contributed by atoms with Crippen LogP contribution in [0.3, 0.4) is 0 Å². The molecule has 1 amide bonds. The first-order valence-corrected chi connectivity index (χ1v) is 8.26. The molecule has 11 heteroatoms. The van der Waals surface area contributed by atoms with Gasteiger partial charge in [0.25, 0.3) is 5.91 Å². The quantitative estimate of drug-likeness (QED) is 0.751. The second-order valence-electron chi connectivity index (χ2n) is 5.90. The van der Waals surface area contributed by atoms with Crippen molar-refractivity contribution < 1.29 is 31.8 Å². The maximum absolute atomic E-state index is 14.3. The number of anilines is 1. The monoisotopic (exact) mass is 400 g/mol. The molecule has 2 N–H and O–H groups in total. The predicted molar refractivity (Wildman–Crippen MR) is 89.5 cm³/mol. The largest absolute Gasteiger partial charge is 0.467 e. The number of nitrogens with one attached hydrogen (secondary N) is 2. The highest BCUT2D eigenvalue weighted by molar-refractivity contribution is 6.02. The summed E-state index contributed by atoms with van der Waals surface area (Å²) in [7, 11) is 0. The zero-order valence-corrected chi connectivity index (χ0v) is 14.4. The number of hydrogen-bond donors (Lipinski definition) is 2. The van der Waals surface area contributed by atoms with E-state index in [9.17, 15) is 22.4 Å². The van der Waals surface area contributed by atoms with Crippen LogP contribution in [0.15, 0.2) is 30.6 Å². The summed E-state index contributed by atoms with van der Waals surface area (Å²) >= 11 is 0. The van der Waals surface area contributed by atoms with Crippen LogP contribution in [-0.2, 0) is 4.74 Å². The van der Waals surface area contributed by atoms with Gasteiger partial charge in [0.05, 0.1) is 30.8 Å². The van der Waals surface area contributed by atoms with Gasteiger partial charge in [0.1, 0.15) is 5.82 Å². The second kappa shape index (κ2) is 8.48. The van der Waals surface area contributed by atoms with E-state index in [4.69, 9.17) is 4.74 Å². The van der Waals surface area contributed by atoms with Gasteiger partial charge in [-0.3, -0.25) is 9.78 Å². The molecule has 0 aliphatic carbocycles. The molecule has 1 saturated heterocycles. The number of morpholine rings is 1. The number of benzene rings is 1. The molecule has 0 saturated carbocycles. The van der Waals surface area contributed by atoms with Crippen molar-refractivity contribution in [2.45, 2.75) is 12.3 Å². The molecule has 1 atom stereocenters. The number of rotatable bonds is 5. The molecule has 0 radical (unpaired) electrons. The minimum absolute atomic E-state index is 0.110. The Kier molecular flexibility index (Phi) is 6.05. The van der Waals surface area contributed by atoms with Crippen molar-refractivity contribution in [2.75, 3.05) is 31.6 Å². The van der Waals surface area contributed by atoms with Gasteiger partial charge in [-0.05, 0) is 17.7 Å². The van der Waals surface area contributed by atoms with E-state index >= 15 is 0 Å². The number of nitrogens with zero attached hydrogens (tertiary/aromatic N) is 2. The molecular formula is C17H16F4N4O3. The molecule has 0 unspecified atom stereocenters. The molecular weight excluding hydrogens is 384 g/mol. The maximum atomic E-state index is 14.3. The molecule has 1 fully saturated rings. The van der Waals surface area contributed by atoms with Crippen molar-refractivity contribution >= 4 is 11.6 Å². The van der Waals surface area contributed by atoms with Crippen molar-refractivity contribution in [3.8, 4) is 5.88 Å². The Labute approximate surface area is 157 Å². The number of aromatic nitrogens is 2. The standard InChI is InChI=1S/C17H16F4N4O3/c18-11-5-10(14-7-22-3-4-27-14)1-2-12(11)25-16(26)13-6-23-8-15(24-13)28-9-17(19,20)21/h1-2,5-6,8,14,22H,3-4,7,9H2,(H,25,26)/t14-/m0/s1. The van der Waals surface area contributed by atoms with Crippen LogP contribution in [0, 0.1) is 5.82 Å². The van der Waals surface area contributed by atoms with Crippen LogP contribution in [0.4, 0.5) is 23.2 Å². The molecule has 3 rings (SSSR count). The highest BCUT2D eigenvalue weighted by Gasteiger charge is 2.29. The lowest BCUT2D eigenvalue weighted by Crippen LogP contribution is -2.33. The molecule has 1 aromatic heterocycles. The van der Waals surface area contributed by atoms with Gasteiger partial charge in [-0.2, -0.15) is 13.2 Å². The van der Waals surface area contributed by atoms with E-state index in [-0.39, 0.29) is 17.5 Å². The second-order valence-corrected chi connectivity index (χ2v) is 5.90. The number of ether oxygens (including phenoxy) is 2. The molecule has 1 aliphatic rings. The van der Waals surface area contributed by atoms with E-state index in [1.807, 2.05) is 0 Å². The topological polar surface area (TPSA) is 85.4 Å². The number of carbonyl (C=O) groups excluding carboxylic acids is 1. The molecule has 28 heavy (non-hydrogen) atoms. The lowest BCUT2D eigenvalue weighted by molar-refractivity contribution is -0.154. The Morgan fingerprint density at radius 1 is 1.36 bits per heavy atom. The van der Waals surface area contributed by atoms with Gasteiger partial charge >= 0.3 is 6.18 Å². The van der Waals surface area contributed by atoms with E-state index in [0.29, 0.717) is 18.7 Å². The van der Waals surface area contributed by atoms with Crippen LogP contribution in [0.25, 0.3) is 0 Å². The zero-order valence-electron chi connectivity index (χ0n) is 14.4. The van der Waals surface area contributed by atoms with Crippen molar-refractivity contribution in [1.29, 1.82) is 0 Å². The van der Waals surface area contributed by atoms with Crippen molar-refractivity contribution in [1.82, 2.24) is 15.3 Å². The Morgan fingerprint density at radius 2 is 2.18 bits per heavy atom. The molecule has 150 valence electrons. The third-order valence-corrected chi connectivity index (χ3v) is 3.77. The average Bonchev–Trinajstić information content (AvgIpc) is 2.68. The summed E-state index contributed by atoms with van der Waals surface area (Å²) < 4.78 is 60.9. The number of carbonyl (C=O) groups is 1. The van der Waals surface area contributed by atoms with Crippen molar-refractivity contribution in [2.24, 2.45) is 0 Å². The average molecular weight is 400 g/mol. The maximum Gasteiger partial charge on any atom is 0.422 e. The summed E-state index contributed by atoms with van der Waals surface area (Å²) in [4.78, 5) is 19.5. The van der Waals surface area contributed by atoms with Gasteiger partial charge in [0.15, 0.2) is 12.3 Å². The van der Waals surface area contributed by atoms with Gasteiger partial charge in [0.2, 0.25) is 5.88 Å². The normalized spacial score (nSPS) is 17.2. The molecule has 1 aromatic carbocycles. The SMILES string of the molecule is O=C(Nc1ccc([C@@H]2CNCCO2)cc1F)c1cncc(OCC(F)(F)F)n1. The lowest BCUT2D eigenvalue weighted by atomic mass is 10.1. The fourth-order valence-corrected chi connectivity index (χ4v) is 2.48. The third-order valence-electron chi connectivity index (χ3n) is 3.77. The molecule has 2 aromatic rings. The predicted octanol–water partition coefficient (Wildman–Crippen LogP) is 2.47. The van der Waals surface area contributed by atoms with E-state index in [2.05, 4.69) is 25.3 Å². The van der Waals surface area contributed by atoms with Gasteiger partial charge in [-0.15, -0.1) is 0 Å². The van der Waals surface area contributed by atoms with Gasteiger partial charge < -0.3 is 20.1 Å². The number of amides is 1. The summed E-state index contributed by atoms with van der Waals surface area (Å²) in [5, 5.41) is 5.44. The smallest absolute Gasteiger partial charge is 0.422 e. The van der Waals surface area contributed by atoms with Crippen LogP contribution < -0.4 is 15.4 Å². The van der Waals surface area contributed by atoms with E-state index in [1.54, 1.807) is 6.07 Å². The Hall–Kier alpha value is -2.79. The lowest BCUT2D eigenvalue weighted by Gasteiger charge is -2.24. The summed E-state index contributed by atoms with van der Waals surface area (Å²) in [6.07, 6.45) is -2.87. The van der Waals surface area contributed by atoms with E-state index in [1.165, 1.54) is 12.1 Å². The first-order valence-electron chi connectivity index (χ1n) is 8.26. The molecule has 0 bridgehead atoms. The molecule has 2 heterocycles. The molecule has 1 aliphatic heterocycles. The van der Waals surface area contributed by atoms with Crippen LogP contribution in [-0.4, -0.2) is 48.4 Å². The first kappa shape index (κ1) is 20.0. The van der Waals surface area contributed by atoms with E-state index in [0.717, 1.165) is 18.9 Å². The van der Waals surface area contributed by atoms with Gasteiger partial charge in [-0.25, -0.2) is 9.37 Å². The molecule has 0 spiro atoms. The Balaban J connectivity index is 1.67. The summed E-state index contributed by atoms with van der Waals surface area (Å²) in [5.41, 5.74) is 0.189. The summed E-state index contributed by atoms with van der Waals surface area (Å²) in [6.45, 7) is 0.211. The molecule has 7 nitrogen and oxygen atoms in total. The number of halogens is 4. The van der Waals surface area contributed by atoms with Crippen LogP contribution in [0.2, 0.25) is 0 Å². The Bertz CT molecular complexity index is 841. The minimum atomic E-state index is -4.55. The number of hydrogen-bond acceptors (Lipinski definition) is 6. The Morgan fingerprint density at radius 3 is 2.86 bits per heavy atom. The van der Waals surface area contributed by atoms with Crippen molar-refractivity contribution in [3.05, 3.63) is 47.7 Å². The van der Waals surface area contributed by atoms with E-state index < -0.39 is 30.4 Å². The van der Waals surface area contributed by atoms with Crippen molar-refractivity contribution in [3.63, 3.8) is 0 Å². The number of alkyl halides is 3. The fraction of sp³-hybridized carbons (Fsp3) is 0.353. The van der Waals surface area contributed by atoms with Gasteiger partial charge in [0, 0.05) is 13.1 Å². The summed E-state index contributed by atoms with van der Waals surface area (Å²) in [6, 6.07) is 4.24. The minimum Gasteiger partial charge on any atom is -0.467 e. The fourth-order valence-electron chi connectivity index (χ4n) is 2.48. The van der Waals surface area contributed by atoms with Crippen LogP contribution in [0.1, 0.15) is 22.2 Å². The highest BCUT2D eigenvalue weighted by atomic mass is 19.4. The van der Waals surface area contributed by atoms with Crippen LogP contribution >= 0.6 is 0 Å². The highest BCUT2D eigenvalue weighted by Crippen LogP contribution is 2.24. The summed E-state index contributed by atoms with van der Waals surface area (Å²) in [5.74, 6) is -1.99. The van der Waals surface area contributed by atoms with Crippen LogP contribution in [0.5, 0.6) is 5.88 Å². The third kappa shape index (κ3) is 5.36. The zero-order chi connectivity index (χ0) is 20.1.